The Hall–Kier alpha value is -2.49. The van der Waals surface area contributed by atoms with Crippen molar-refractivity contribution in [3.05, 3.63) is 52.6 Å². The summed E-state index contributed by atoms with van der Waals surface area (Å²) in [6, 6.07) is 10.1. The number of hydrogen-bond donors (Lipinski definition) is 0. The van der Waals surface area contributed by atoms with Gasteiger partial charge in [-0.3, -0.25) is 4.79 Å². The maximum atomic E-state index is 12.9. The van der Waals surface area contributed by atoms with Gasteiger partial charge in [-0.05, 0) is 73.6 Å². The molecule has 0 saturated heterocycles. The molecule has 4 nitrogen and oxygen atoms in total. The van der Waals surface area contributed by atoms with E-state index in [0.29, 0.717) is 12.8 Å². The quantitative estimate of drug-likeness (QED) is 0.807. The third-order valence-electron chi connectivity index (χ3n) is 5.03. The lowest BCUT2D eigenvalue weighted by atomic mass is 9.94. The molecule has 0 atom stereocenters. The van der Waals surface area contributed by atoms with Gasteiger partial charge in [0.2, 0.25) is 5.91 Å². The Morgan fingerprint density at radius 1 is 1.04 bits per heavy atom. The lowest BCUT2D eigenvalue weighted by Gasteiger charge is -2.31. The van der Waals surface area contributed by atoms with Crippen molar-refractivity contribution in [3.8, 4) is 11.5 Å². The van der Waals surface area contributed by atoms with Crippen molar-refractivity contribution in [3.63, 3.8) is 0 Å². The van der Waals surface area contributed by atoms with E-state index in [1.807, 2.05) is 23.1 Å². The minimum Gasteiger partial charge on any atom is -0.497 e. The average Bonchev–Trinajstić information content (AvgIpc) is 2.65. The van der Waals surface area contributed by atoms with E-state index in [4.69, 9.17) is 9.47 Å². The van der Waals surface area contributed by atoms with Crippen LogP contribution in [0.4, 0.5) is 5.69 Å². The molecule has 0 spiro atoms. The second-order valence-corrected chi connectivity index (χ2v) is 6.95. The van der Waals surface area contributed by atoms with E-state index in [0.717, 1.165) is 42.1 Å². The molecule has 2 aromatic rings. The van der Waals surface area contributed by atoms with Crippen molar-refractivity contribution in [2.45, 2.75) is 39.5 Å². The molecule has 0 aliphatic carbocycles. The van der Waals surface area contributed by atoms with Crippen molar-refractivity contribution < 1.29 is 14.3 Å². The predicted octanol–water partition coefficient (Wildman–Crippen LogP) is 4.23. The highest BCUT2D eigenvalue weighted by atomic mass is 16.5. The number of benzene rings is 2. The van der Waals surface area contributed by atoms with Gasteiger partial charge in [0.05, 0.1) is 14.2 Å². The number of nitrogens with zero attached hydrogens (tertiary/aromatic N) is 1. The smallest absolute Gasteiger partial charge is 0.227 e. The summed E-state index contributed by atoms with van der Waals surface area (Å²) in [5.74, 6) is 1.68. The van der Waals surface area contributed by atoms with Crippen molar-refractivity contribution in [1.29, 1.82) is 0 Å². The highest BCUT2D eigenvalue weighted by molar-refractivity contribution is 5.95. The van der Waals surface area contributed by atoms with E-state index in [1.54, 1.807) is 14.2 Å². The fraction of sp³-hybridized carbons (Fsp3) is 0.409. The Kier molecular flexibility index (Phi) is 5.50. The number of anilines is 1. The SMILES string of the molecule is COc1cc(CCC(=O)N2CCCc3c(C)cc(C)cc32)cc(OC)c1. The highest BCUT2D eigenvalue weighted by Crippen LogP contribution is 2.32. The van der Waals surface area contributed by atoms with Crippen LogP contribution >= 0.6 is 0 Å². The van der Waals surface area contributed by atoms with Crippen LogP contribution in [-0.4, -0.2) is 26.7 Å². The number of carbonyl (C=O) groups excluding carboxylic acids is 1. The maximum absolute atomic E-state index is 12.9. The summed E-state index contributed by atoms with van der Waals surface area (Å²) < 4.78 is 10.6. The molecular weight excluding hydrogens is 326 g/mol. The molecule has 0 radical (unpaired) electrons. The number of ether oxygens (including phenoxy) is 2. The topological polar surface area (TPSA) is 38.8 Å². The summed E-state index contributed by atoms with van der Waals surface area (Å²) in [5.41, 5.74) is 5.96. The standard InChI is InChI=1S/C22H27NO3/c1-15-10-16(2)20-6-5-9-23(21(20)11-15)22(24)8-7-17-12-18(25-3)14-19(13-17)26-4/h10-14H,5-9H2,1-4H3. The zero-order chi connectivity index (χ0) is 18.7. The van der Waals surface area contributed by atoms with Gasteiger partial charge in [-0.15, -0.1) is 0 Å². The summed E-state index contributed by atoms with van der Waals surface area (Å²) in [7, 11) is 3.28. The molecule has 0 saturated carbocycles. The minimum atomic E-state index is 0.178. The van der Waals surface area contributed by atoms with Gasteiger partial charge in [-0.2, -0.15) is 0 Å². The van der Waals surface area contributed by atoms with Crippen LogP contribution in [0.25, 0.3) is 0 Å². The van der Waals surface area contributed by atoms with Gasteiger partial charge in [0, 0.05) is 24.7 Å². The number of rotatable bonds is 5. The van der Waals surface area contributed by atoms with E-state index in [1.165, 1.54) is 16.7 Å². The van der Waals surface area contributed by atoms with Gasteiger partial charge in [0.1, 0.15) is 11.5 Å². The fourth-order valence-corrected chi connectivity index (χ4v) is 3.73. The Labute approximate surface area is 155 Å². The van der Waals surface area contributed by atoms with Crippen LogP contribution in [0.1, 0.15) is 35.1 Å². The summed E-state index contributed by atoms with van der Waals surface area (Å²) in [5, 5.41) is 0. The summed E-state index contributed by atoms with van der Waals surface area (Å²) in [4.78, 5) is 14.9. The summed E-state index contributed by atoms with van der Waals surface area (Å²) in [6.07, 6.45) is 3.22. The van der Waals surface area contributed by atoms with E-state index >= 15 is 0 Å². The molecule has 0 fully saturated rings. The van der Waals surface area contributed by atoms with E-state index in [2.05, 4.69) is 26.0 Å². The Balaban J connectivity index is 1.76. The number of hydrogen-bond acceptors (Lipinski definition) is 3. The molecule has 1 aliphatic rings. The Bertz CT molecular complexity index is 791. The first-order chi connectivity index (χ1) is 12.5. The predicted molar refractivity (Wildman–Crippen MR) is 104 cm³/mol. The molecule has 0 aromatic heterocycles. The molecule has 1 amide bonds. The van der Waals surface area contributed by atoms with Crippen LogP contribution in [0.5, 0.6) is 11.5 Å². The highest BCUT2D eigenvalue weighted by Gasteiger charge is 2.23. The second kappa shape index (κ2) is 7.81. The van der Waals surface area contributed by atoms with E-state index < -0.39 is 0 Å². The first kappa shape index (κ1) is 18.3. The van der Waals surface area contributed by atoms with Crippen LogP contribution < -0.4 is 14.4 Å². The lowest BCUT2D eigenvalue weighted by molar-refractivity contribution is -0.118. The van der Waals surface area contributed by atoms with Gasteiger partial charge in [0.15, 0.2) is 0 Å². The molecule has 26 heavy (non-hydrogen) atoms. The lowest BCUT2D eigenvalue weighted by Crippen LogP contribution is -2.36. The van der Waals surface area contributed by atoms with Crippen LogP contribution in [0.15, 0.2) is 30.3 Å². The number of aryl methyl sites for hydroxylation is 3. The van der Waals surface area contributed by atoms with Gasteiger partial charge in [0.25, 0.3) is 0 Å². The largest absolute Gasteiger partial charge is 0.497 e. The number of amides is 1. The van der Waals surface area contributed by atoms with Crippen molar-refractivity contribution >= 4 is 11.6 Å². The molecule has 4 heteroatoms. The van der Waals surface area contributed by atoms with Gasteiger partial charge < -0.3 is 14.4 Å². The van der Waals surface area contributed by atoms with Gasteiger partial charge >= 0.3 is 0 Å². The molecule has 138 valence electrons. The average molecular weight is 353 g/mol. The maximum Gasteiger partial charge on any atom is 0.227 e. The van der Waals surface area contributed by atoms with Crippen molar-refractivity contribution in [2.75, 3.05) is 25.7 Å². The normalized spacial score (nSPS) is 13.3. The Morgan fingerprint density at radius 3 is 2.38 bits per heavy atom. The zero-order valence-electron chi connectivity index (χ0n) is 16.1. The summed E-state index contributed by atoms with van der Waals surface area (Å²) >= 11 is 0. The van der Waals surface area contributed by atoms with E-state index in [-0.39, 0.29) is 5.91 Å². The van der Waals surface area contributed by atoms with Gasteiger partial charge in [-0.1, -0.05) is 6.07 Å². The number of fused-ring (bicyclic) bond motifs is 1. The minimum absolute atomic E-state index is 0.178. The van der Waals surface area contributed by atoms with E-state index in [9.17, 15) is 4.79 Å². The first-order valence-electron chi connectivity index (χ1n) is 9.14. The Morgan fingerprint density at radius 2 is 1.73 bits per heavy atom. The molecule has 0 N–H and O–H groups in total. The molecule has 2 aromatic carbocycles. The van der Waals surface area contributed by atoms with Crippen molar-refractivity contribution in [1.82, 2.24) is 0 Å². The monoisotopic (exact) mass is 353 g/mol. The van der Waals surface area contributed by atoms with Crippen molar-refractivity contribution in [2.24, 2.45) is 0 Å². The molecule has 0 unspecified atom stereocenters. The molecular formula is C22H27NO3. The fourth-order valence-electron chi connectivity index (χ4n) is 3.73. The van der Waals surface area contributed by atoms with Crippen LogP contribution in [0.2, 0.25) is 0 Å². The number of carbonyl (C=O) groups is 1. The molecule has 3 rings (SSSR count). The first-order valence-corrected chi connectivity index (χ1v) is 9.14. The molecule has 1 aliphatic heterocycles. The van der Waals surface area contributed by atoms with Crippen LogP contribution in [0.3, 0.4) is 0 Å². The summed E-state index contributed by atoms with van der Waals surface area (Å²) in [6.45, 7) is 5.03. The second-order valence-electron chi connectivity index (χ2n) is 6.95. The van der Waals surface area contributed by atoms with Crippen LogP contribution in [0, 0.1) is 13.8 Å². The molecule has 1 heterocycles. The third-order valence-corrected chi connectivity index (χ3v) is 5.03. The zero-order valence-corrected chi connectivity index (χ0v) is 16.1. The van der Waals surface area contributed by atoms with Gasteiger partial charge in [-0.25, -0.2) is 0 Å². The van der Waals surface area contributed by atoms with Crippen LogP contribution in [-0.2, 0) is 17.6 Å². The third kappa shape index (κ3) is 3.85. The molecule has 0 bridgehead atoms. The number of methoxy groups -OCH3 is 2.